The van der Waals surface area contributed by atoms with Crippen molar-refractivity contribution in [1.29, 1.82) is 0 Å². The quantitative estimate of drug-likeness (QED) is 0.648. The fourth-order valence-electron chi connectivity index (χ4n) is 1.46. The monoisotopic (exact) mass is 204 g/mol. The van der Waals surface area contributed by atoms with Gasteiger partial charge in [-0.25, -0.2) is 0 Å². The van der Waals surface area contributed by atoms with Crippen molar-refractivity contribution >= 4 is 28.2 Å². The van der Waals surface area contributed by atoms with E-state index in [1.54, 1.807) is 13.0 Å². The van der Waals surface area contributed by atoms with E-state index in [4.69, 9.17) is 11.6 Å². The molecule has 2 aromatic rings. The first-order chi connectivity index (χ1) is 6.68. The Morgan fingerprint density at radius 3 is 2.71 bits per heavy atom. The van der Waals surface area contributed by atoms with Crippen molar-refractivity contribution < 1.29 is 4.79 Å². The number of carbonyl (C=O) groups excluding carboxylic acids is 1. The third kappa shape index (κ3) is 1.51. The second kappa shape index (κ2) is 3.43. The van der Waals surface area contributed by atoms with Gasteiger partial charge in [-0.05, 0) is 24.4 Å². The Kier molecular flexibility index (Phi) is 2.26. The molecule has 0 aliphatic carbocycles. The summed E-state index contributed by atoms with van der Waals surface area (Å²) in [5, 5.41) is 2.71. The topological polar surface area (TPSA) is 17.1 Å². The van der Waals surface area contributed by atoms with Crippen LogP contribution in [0.15, 0.2) is 36.4 Å². The molecule has 1 nitrogen and oxygen atoms in total. The molecule has 0 saturated carbocycles. The van der Waals surface area contributed by atoms with Crippen LogP contribution in [-0.4, -0.2) is 5.78 Å². The van der Waals surface area contributed by atoms with Crippen molar-refractivity contribution in [2.24, 2.45) is 0 Å². The average Bonchev–Trinajstić information content (AvgIpc) is 2.17. The van der Waals surface area contributed by atoms with Crippen LogP contribution >= 0.6 is 11.6 Å². The van der Waals surface area contributed by atoms with E-state index in [-0.39, 0.29) is 5.78 Å². The molecule has 2 heteroatoms. The molecule has 0 aliphatic rings. The first-order valence-electron chi connectivity index (χ1n) is 4.38. The molecule has 0 amide bonds. The number of hydrogen-bond donors (Lipinski definition) is 0. The largest absolute Gasteiger partial charge is 0.295 e. The Labute approximate surface area is 87.3 Å². The highest BCUT2D eigenvalue weighted by atomic mass is 35.5. The molecule has 70 valence electrons. The van der Waals surface area contributed by atoms with E-state index < -0.39 is 0 Å². The van der Waals surface area contributed by atoms with E-state index in [9.17, 15) is 4.79 Å². The normalized spacial score (nSPS) is 10.4. The van der Waals surface area contributed by atoms with Gasteiger partial charge in [0.2, 0.25) is 0 Å². The van der Waals surface area contributed by atoms with Crippen LogP contribution in [0.5, 0.6) is 0 Å². The molecular weight excluding hydrogens is 196 g/mol. The third-order valence-electron chi connectivity index (χ3n) is 2.23. The SMILES string of the molecule is CC(=O)c1ccc2c(Cl)cccc2c1. The number of Topliss-reactive ketones (excluding diaryl/α,β-unsaturated/α-hetero) is 1. The van der Waals surface area contributed by atoms with Crippen molar-refractivity contribution in [3.63, 3.8) is 0 Å². The molecule has 2 aromatic carbocycles. The predicted octanol–water partition coefficient (Wildman–Crippen LogP) is 3.70. The maximum absolute atomic E-state index is 11.1. The minimum absolute atomic E-state index is 0.0758. The molecule has 0 aromatic heterocycles. The Balaban J connectivity index is 2.73. The Hall–Kier alpha value is -1.34. The van der Waals surface area contributed by atoms with E-state index >= 15 is 0 Å². The average molecular weight is 205 g/mol. The highest BCUT2D eigenvalue weighted by Gasteiger charge is 2.02. The van der Waals surface area contributed by atoms with E-state index in [1.165, 1.54) is 0 Å². The van der Waals surface area contributed by atoms with Crippen molar-refractivity contribution in [2.45, 2.75) is 6.92 Å². The predicted molar refractivity (Wildman–Crippen MR) is 59.0 cm³/mol. The molecule has 0 fully saturated rings. The summed E-state index contributed by atoms with van der Waals surface area (Å²) in [6.07, 6.45) is 0. The summed E-state index contributed by atoms with van der Waals surface area (Å²) in [4.78, 5) is 11.1. The Bertz CT molecular complexity index is 503. The zero-order chi connectivity index (χ0) is 10.1. The van der Waals surface area contributed by atoms with Crippen molar-refractivity contribution in [2.75, 3.05) is 0 Å². The van der Waals surface area contributed by atoms with Gasteiger partial charge in [0.1, 0.15) is 0 Å². The first-order valence-corrected chi connectivity index (χ1v) is 4.75. The number of halogens is 1. The van der Waals surface area contributed by atoms with Gasteiger partial charge in [-0.3, -0.25) is 4.79 Å². The molecule has 0 radical (unpaired) electrons. The van der Waals surface area contributed by atoms with Gasteiger partial charge in [0.25, 0.3) is 0 Å². The molecule has 0 saturated heterocycles. The minimum Gasteiger partial charge on any atom is -0.295 e. The van der Waals surface area contributed by atoms with Gasteiger partial charge in [-0.2, -0.15) is 0 Å². The van der Waals surface area contributed by atoms with E-state index in [0.717, 1.165) is 21.4 Å². The highest BCUT2D eigenvalue weighted by molar-refractivity contribution is 6.35. The Morgan fingerprint density at radius 1 is 1.21 bits per heavy atom. The molecule has 0 heterocycles. The highest BCUT2D eigenvalue weighted by Crippen LogP contribution is 2.24. The third-order valence-corrected chi connectivity index (χ3v) is 2.56. The summed E-state index contributed by atoms with van der Waals surface area (Å²) < 4.78 is 0. The molecule has 2 rings (SSSR count). The van der Waals surface area contributed by atoms with Crippen LogP contribution in [0, 0.1) is 0 Å². The lowest BCUT2D eigenvalue weighted by atomic mass is 10.1. The standard InChI is InChI=1S/C12H9ClO/c1-8(14)9-5-6-11-10(7-9)3-2-4-12(11)13/h2-7H,1H3. The summed E-state index contributed by atoms with van der Waals surface area (Å²) >= 11 is 6.00. The molecule has 0 atom stereocenters. The molecular formula is C12H9ClO. The van der Waals surface area contributed by atoms with Crippen LogP contribution in [-0.2, 0) is 0 Å². The molecule has 0 unspecified atom stereocenters. The smallest absolute Gasteiger partial charge is 0.159 e. The van der Waals surface area contributed by atoms with Crippen molar-refractivity contribution in [3.8, 4) is 0 Å². The van der Waals surface area contributed by atoms with Crippen molar-refractivity contribution in [1.82, 2.24) is 0 Å². The number of hydrogen-bond acceptors (Lipinski definition) is 1. The second-order valence-corrected chi connectivity index (χ2v) is 3.64. The van der Waals surface area contributed by atoms with Crippen LogP contribution in [0.1, 0.15) is 17.3 Å². The number of carbonyl (C=O) groups is 1. The van der Waals surface area contributed by atoms with Gasteiger partial charge in [0.15, 0.2) is 5.78 Å². The van der Waals surface area contributed by atoms with Crippen molar-refractivity contribution in [3.05, 3.63) is 47.0 Å². The fraction of sp³-hybridized carbons (Fsp3) is 0.0833. The number of fused-ring (bicyclic) bond motifs is 1. The summed E-state index contributed by atoms with van der Waals surface area (Å²) in [6, 6.07) is 11.2. The maximum Gasteiger partial charge on any atom is 0.159 e. The van der Waals surface area contributed by atoms with Gasteiger partial charge in [0, 0.05) is 16.0 Å². The first kappa shape index (κ1) is 9.22. The zero-order valence-corrected chi connectivity index (χ0v) is 8.51. The van der Waals surface area contributed by atoms with Gasteiger partial charge in [-0.15, -0.1) is 0 Å². The zero-order valence-electron chi connectivity index (χ0n) is 7.75. The summed E-state index contributed by atoms with van der Waals surface area (Å²) in [5.41, 5.74) is 0.722. The van der Waals surface area contributed by atoms with Gasteiger partial charge >= 0.3 is 0 Å². The number of rotatable bonds is 1. The summed E-state index contributed by atoms with van der Waals surface area (Å²) in [6.45, 7) is 1.56. The van der Waals surface area contributed by atoms with Gasteiger partial charge in [-0.1, -0.05) is 35.9 Å². The van der Waals surface area contributed by atoms with Gasteiger partial charge in [0.05, 0.1) is 0 Å². The van der Waals surface area contributed by atoms with Crippen LogP contribution in [0.4, 0.5) is 0 Å². The molecule has 0 bridgehead atoms. The van der Waals surface area contributed by atoms with Crippen LogP contribution in [0.2, 0.25) is 5.02 Å². The molecule has 0 N–H and O–H groups in total. The minimum atomic E-state index is 0.0758. The summed E-state index contributed by atoms with van der Waals surface area (Å²) in [5.74, 6) is 0.0758. The lowest BCUT2D eigenvalue weighted by Crippen LogP contribution is -1.90. The lowest BCUT2D eigenvalue weighted by molar-refractivity contribution is 0.101. The maximum atomic E-state index is 11.1. The van der Waals surface area contributed by atoms with E-state index in [2.05, 4.69) is 0 Å². The van der Waals surface area contributed by atoms with E-state index in [1.807, 2.05) is 30.3 Å². The number of benzene rings is 2. The molecule has 0 aliphatic heterocycles. The van der Waals surface area contributed by atoms with Crippen LogP contribution in [0.3, 0.4) is 0 Å². The molecule has 14 heavy (non-hydrogen) atoms. The second-order valence-electron chi connectivity index (χ2n) is 3.23. The number of ketones is 1. The van der Waals surface area contributed by atoms with E-state index in [0.29, 0.717) is 0 Å². The lowest BCUT2D eigenvalue weighted by Gasteiger charge is -2.01. The van der Waals surface area contributed by atoms with Gasteiger partial charge < -0.3 is 0 Å². The summed E-state index contributed by atoms with van der Waals surface area (Å²) in [7, 11) is 0. The fourth-order valence-corrected chi connectivity index (χ4v) is 1.71. The van der Waals surface area contributed by atoms with Crippen LogP contribution in [0.25, 0.3) is 10.8 Å². The molecule has 0 spiro atoms. The van der Waals surface area contributed by atoms with Crippen LogP contribution < -0.4 is 0 Å². The Morgan fingerprint density at radius 2 is 2.00 bits per heavy atom.